The summed E-state index contributed by atoms with van der Waals surface area (Å²) in [6.45, 7) is 6.86. The van der Waals surface area contributed by atoms with E-state index in [1.165, 1.54) is 57.8 Å². The van der Waals surface area contributed by atoms with E-state index in [2.05, 4.69) is 25.7 Å². The fourth-order valence-corrected chi connectivity index (χ4v) is 4.35. The summed E-state index contributed by atoms with van der Waals surface area (Å²) >= 11 is -0.531. The second kappa shape index (κ2) is 10.9. The molecule has 96 valence electrons. The molecule has 0 amide bonds. The number of hydrogen-bond acceptors (Lipinski definition) is 1. The summed E-state index contributed by atoms with van der Waals surface area (Å²) in [4.78, 5) is 2.31. The normalized spacial score (nSPS) is 12.0. The average molecular weight is 333 g/mol. The SMILES string of the molecule is CCCCC(CCCC)(CCCC)[O][Sn][CH3]. The van der Waals surface area contributed by atoms with E-state index < -0.39 is 21.6 Å². The quantitative estimate of drug-likeness (QED) is 0.485. The van der Waals surface area contributed by atoms with Gasteiger partial charge in [-0.15, -0.1) is 0 Å². The van der Waals surface area contributed by atoms with Crippen molar-refractivity contribution in [3.05, 3.63) is 0 Å². The predicted molar refractivity (Wildman–Crippen MR) is 74.0 cm³/mol. The second-order valence-corrected chi connectivity index (χ2v) is 6.55. The molecule has 0 spiro atoms. The zero-order valence-electron chi connectivity index (χ0n) is 11.8. The topological polar surface area (TPSA) is 9.23 Å². The number of rotatable bonds is 11. The molecule has 0 aliphatic carbocycles. The Morgan fingerprint density at radius 3 is 1.44 bits per heavy atom. The third kappa shape index (κ3) is 7.16. The van der Waals surface area contributed by atoms with E-state index in [0.717, 1.165) is 0 Å². The van der Waals surface area contributed by atoms with Crippen LogP contribution in [0.5, 0.6) is 0 Å². The molecule has 0 unspecified atom stereocenters. The summed E-state index contributed by atoms with van der Waals surface area (Å²) in [6.07, 6.45) is 11.8. The van der Waals surface area contributed by atoms with Crippen molar-refractivity contribution in [2.75, 3.05) is 0 Å². The van der Waals surface area contributed by atoms with E-state index in [1.807, 2.05) is 0 Å². The molecular weight excluding hydrogens is 303 g/mol. The Morgan fingerprint density at radius 2 is 1.19 bits per heavy atom. The molecule has 0 atom stereocenters. The van der Waals surface area contributed by atoms with Crippen LogP contribution >= 0.6 is 0 Å². The molecule has 2 heteroatoms. The number of hydrogen-bond donors (Lipinski definition) is 0. The fraction of sp³-hybridized carbons (Fsp3) is 1.00. The minimum atomic E-state index is -0.531. The summed E-state index contributed by atoms with van der Waals surface area (Å²) in [5.41, 5.74) is 0.281. The van der Waals surface area contributed by atoms with Gasteiger partial charge < -0.3 is 0 Å². The van der Waals surface area contributed by atoms with Gasteiger partial charge in [0.1, 0.15) is 0 Å². The first kappa shape index (κ1) is 16.8. The van der Waals surface area contributed by atoms with E-state index in [4.69, 9.17) is 3.07 Å². The van der Waals surface area contributed by atoms with Gasteiger partial charge in [-0.2, -0.15) is 0 Å². The molecule has 0 saturated carbocycles. The Labute approximate surface area is 113 Å². The molecule has 0 aromatic heterocycles. The second-order valence-electron chi connectivity index (χ2n) is 4.80. The van der Waals surface area contributed by atoms with Crippen LogP contribution < -0.4 is 0 Å². The van der Waals surface area contributed by atoms with Crippen molar-refractivity contribution in [3.8, 4) is 0 Å². The Hall–Kier alpha value is 0.759. The first-order valence-electron chi connectivity index (χ1n) is 7.09. The maximum atomic E-state index is 6.31. The van der Waals surface area contributed by atoms with Crippen molar-refractivity contribution < 1.29 is 3.07 Å². The van der Waals surface area contributed by atoms with Crippen molar-refractivity contribution in [3.63, 3.8) is 0 Å². The van der Waals surface area contributed by atoms with E-state index in [0.29, 0.717) is 0 Å². The summed E-state index contributed by atoms with van der Waals surface area (Å²) in [6, 6.07) is 0. The predicted octanol–water partition coefficient (Wildman–Crippen LogP) is 4.98. The Kier molecular flexibility index (Phi) is 11.4. The zero-order chi connectivity index (χ0) is 12.3. The summed E-state index contributed by atoms with van der Waals surface area (Å²) in [7, 11) is 0. The van der Waals surface area contributed by atoms with Crippen LogP contribution in [0.3, 0.4) is 0 Å². The molecule has 0 aliphatic heterocycles. The standard InChI is InChI=1S/C13H27O.CH3.Sn/c1-4-7-10-13(14,11-8-5-2)12-9-6-3;;/h4-12H2,1-3H3;1H3;/q-1;;+1. The Morgan fingerprint density at radius 1 is 0.812 bits per heavy atom. The fourth-order valence-electron chi connectivity index (χ4n) is 2.24. The van der Waals surface area contributed by atoms with E-state index in [1.54, 1.807) is 0 Å². The molecule has 0 aromatic rings. The first-order chi connectivity index (χ1) is 7.74. The monoisotopic (exact) mass is 334 g/mol. The molecule has 0 aromatic carbocycles. The van der Waals surface area contributed by atoms with Crippen LogP contribution in [-0.2, 0) is 3.07 Å². The molecule has 0 heterocycles. The van der Waals surface area contributed by atoms with Crippen LogP contribution in [0.25, 0.3) is 0 Å². The third-order valence-corrected chi connectivity index (χ3v) is 5.09. The Balaban J connectivity index is 4.32. The molecule has 0 saturated heterocycles. The van der Waals surface area contributed by atoms with Gasteiger partial charge in [-0.1, -0.05) is 0 Å². The van der Waals surface area contributed by atoms with E-state index in [-0.39, 0.29) is 5.60 Å². The van der Waals surface area contributed by atoms with Crippen molar-refractivity contribution in [1.29, 1.82) is 0 Å². The number of unbranched alkanes of at least 4 members (excludes halogenated alkanes) is 3. The molecular formula is C14H30OSn. The third-order valence-electron chi connectivity index (χ3n) is 3.28. The van der Waals surface area contributed by atoms with Gasteiger partial charge in [0.2, 0.25) is 0 Å². The first-order valence-corrected chi connectivity index (χ1v) is 11.1. The van der Waals surface area contributed by atoms with E-state index >= 15 is 0 Å². The van der Waals surface area contributed by atoms with Gasteiger partial charge in [0.05, 0.1) is 0 Å². The van der Waals surface area contributed by atoms with Gasteiger partial charge in [-0.25, -0.2) is 0 Å². The average Bonchev–Trinajstić information content (AvgIpc) is 2.31. The molecule has 0 fully saturated rings. The van der Waals surface area contributed by atoms with Crippen LogP contribution in [0.4, 0.5) is 0 Å². The van der Waals surface area contributed by atoms with E-state index in [9.17, 15) is 0 Å². The van der Waals surface area contributed by atoms with Crippen LogP contribution in [0.15, 0.2) is 0 Å². The minimum absolute atomic E-state index is 0.281. The zero-order valence-corrected chi connectivity index (χ0v) is 14.6. The summed E-state index contributed by atoms with van der Waals surface area (Å²) < 4.78 is 6.31. The molecule has 0 N–H and O–H groups in total. The van der Waals surface area contributed by atoms with Crippen molar-refractivity contribution in [2.24, 2.45) is 0 Å². The van der Waals surface area contributed by atoms with Gasteiger partial charge in [0.15, 0.2) is 0 Å². The van der Waals surface area contributed by atoms with Crippen molar-refractivity contribution in [1.82, 2.24) is 0 Å². The summed E-state index contributed by atoms with van der Waals surface area (Å²) in [5.74, 6) is 0. The van der Waals surface area contributed by atoms with Crippen LogP contribution in [0, 0.1) is 0 Å². The molecule has 2 radical (unpaired) electrons. The van der Waals surface area contributed by atoms with Gasteiger partial charge in [-0.3, -0.25) is 0 Å². The molecule has 0 bridgehead atoms. The summed E-state index contributed by atoms with van der Waals surface area (Å²) in [5, 5.41) is 0. The molecule has 0 aliphatic rings. The van der Waals surface area contributed by atoms with Crippen molar-refractivity contribution in [2.45, 2.75) is 89.1 Å². The van der Waals surface area contributed by atoms with Gasteiger partial charge >= 0.3 is 114 Å². The Bertz CT molecular complexity index is 126. The van der Waals surface area contributed by atoms with Crippen LogP contribution in [0.2, 0.25) is 4.94 Å². The maximum absolute atomic E-state index is 6.31. The van der Waals surface area contributed by atoms with Crippen LogP contribution in [0.1, 0.15) is 78.6 Å². The van der Waals surface area contributed by atoms with Gasteiger partial charge in [-0.05, 0) is 0 Å². The van der Waals surface area contributed by atoms with Gasteiger partial charge in [0, 0.05) is 0 Å². The molecule has 0 rings (SSSR count). The van der Waals surface area contributed by atoms with Crippen LogP contribution in [-0.4, -0.2) is 27.2 Å². The molecule has 1 nitrogen and oxygen atoms in total. The van der Waals surface area contributed by atoms with Crippen molar-refractivity contribution >= 4 is 21.6 Å². The molecule has 16 heavy (non-hydrogen) atoms. The van der Waals surface area contributed by atoms with Gasteiger partial charge in [0.25, 0.3) is 0 Å².